The van der Waals surface area contributed by atoms with Gasteiger partial charge in [-0.1, -0.05) is 24.3 Å². The van der Waals surface area contributed by atoms with Crippen molar-refractivity contribution in [2.24, 2.45) is 0 Å². The Balaban J connectivity index is 1.76. The molecule has 0 atom stereocenters. The van der Waals surface area contributed by atoms with Crippen LogP contribution in [0.15, 0.2) is 53.3 Å². The second-order valence-electron chi connectivity index (χ2n) is 6.19. The number of hydrogen-bond donors (Lipinski definition) is 2. The van der Waals surface area contributed by atoms with E-state index < -0.39 is 0 Å². The van der Waals surface area contributed by atoms with Crippen LogP contribution < -0.4 is 20.3 Å². The van der Waals surface area contributed by atoms with Crippen molar-refractivity contribution >= 4 is 22.5 Å². The summed E-state index contributed by atoms with van der Waals surface area (Å²) in [5.74, 6) is 0.693. The van der Waals surface area contributed by atoms with Crippen molar-refractivity contribution in [3.05, 3.63) is 58.9 Å². The lowest BCUT2D eigenvalue weighted by Crippen LogP contribution is -2.10. The van der Waals surface area contributed by atoms with E-state index in [1.165, 1.54) is 0 Å². The highest BCUT2D eigenvalue weighted by atomic mass is 16.5. The van der Waals surface area contributed by atoms with E-state index in [2.05, 4.69) is 30.2 Å². The van der Waals surface area contributed by atoms with Crippen molar-refractivity contribution in [1.82, 2.24) is 24.9 Å². The summed E-state index contributed by atoms with van der Waals surface area (Å²) < 4.78 is 10.8. The number of nitrogens with zero attached hydrogens (tertiary/aromatic N) is 4. The number of anilines is 2. The number of hydrogen-bond acceptors (Lipinski definition) is 8. The molecule has 2 heterocycles. The smallest absolute Gasteiger partial charge is 0.324 e. The minimum Gasteiger partial charge on any atom is -0.464 e. The molecule has 0 aliphatic rings. The quantitative estimate of drug-likeness (QED) is 0.482. The largest absolute Gasteiger partial charge is 0.464 e. The van der Waals surface area contributed by atoms with Crippen LogP contribution in [0.3, 0.4) is 0 Å². The van der Waals surface area contributed by atoms with Crippen LogP contribution in [0, 0.1) is 0 Å². The Bertz CT molecular complexity index is 1220. The topological polar surface area (TPSA) is 115 Å². The molecular formula is C21H20N6O3. The summed E-state index contributed by atoms with van der Waals surface area (Å²) in [6.07, 6.45) is 0. The summed E-state index contributed by atoms with van der Waals surface area (Å²) in [6, 6.07) is 14.9. The van der Waals surface area contributed by atoms with E-state index in [0.717, 1.165) is 0 Å². The second kappa shape index (κ2) is 8.56. The van der Waals surface area contributed by atoms with E-state index in [0.29, 0.717) is 41.2 Å². The first-order valence-electron chi connectivity index (χ1n) is 9.55. The fourth-order valence-corrected chi connectivity index (χ4v) is 2.91. The lowest BCUT2D eigenvalue weighted by atomic mass is 10.1. The first-order chi connectivity index (χ1) is 14.7. The normalized spacial score (nSPS) is 10.7. The van der Waals surface area contributed by atoms with Gasteiger partial charge in [-0.15, -0.1) is 4.98 Å². The number of H-pyrrole nitrogens is 1. The predicted octanol–water partition coefficient (Wildman–Crippen LogP) is 3.32. The molecule has 0 aliphatic carbocycles. The molecule has 0 spiro atoms. The highest BCUT2D eigenvalue weighted by Gasteiger charge is 2.13. The van der Waals surface area contributed by atoms with Crippen LogP contribution in [-0.4, -0.2) is 38.1 Å². The summed E-state index contributed by atoms with van der Waals surface area (Å²) in [7, 11) is 0. The van der Waals surface area contributed by atoms with Gasteiger partial charge in [0.15, 0.2) is 0 Å². The molecule has 9 heteroatoms. The van der Waals surface area contributed by atoms with Crippen molar-refractivity contribution in [3.8, 4) is 23.4 Å². The molecule has 0 saturated carbocycles. The maximum absolute atomic E-state index is 12.5. The molecule has 2 N–H and O–H groups in total. The Morgan fingerprint density at radius 1 is 0.867 bits per heavy atom. The van der Waals surface area contributed by atoms with Gasteiger partial charge in [-0.25, -0.2) is 4.98 Å². The van der Waals surface area contributed by atoms with E-state index in [1.54, 1.807) is 18.2 Å². The molecule has 0 aliphatic heterocycles. The second-order valence-corrected chi connectivity index (χ2v) is 6.19. The van der Waals surface area contributed by atoms with Gasteiger partial charge in [0.1, 0.15) is 5.82 Å². The minimum atomic E-state index is -0.206. The maximum atomic E-state index is 12.5. The van der Waals surface area contributed by atoms with E-state index in [9.17, 15) is 4.79 Å². The Labute approximate surface area is 172 Å². The molecule has 9 nitrogen and oxygen atoms in total. The van der Waals surface area contributed by atoms with Gasteiger partial charge in [-0.2, -0.15) is 9.97 Å². The van der Waals surface area contributed by atoms with Crippen LogP contribution in [0.2, 0.25) is 0 Å². The summed E-state index contributed by atoms with van der Waals surface area (Å²) in [4.78, 5) is 32.6. The average Bonchev–Trinajstić information content (AvgIpc) is 2.74. The van der Waals surface area contributed by atoms with Crippen molar-refractivity contribution < 1.29 is 9.47 Å². The van der Waals surface area contributed by atoms with Gasteiger partial charge in [-0.05, 0) is 38.1 Å². The number of ether oxygens (including phenoxy) is 2. The summed E-state index contributed by atoms with van der Waals surface area (Å²) in [5.41, 5.74) is 1.76. The number of benzene rings is 2. The molecule has 152 valence electrons. The number of rotatable bonds is 7. The summed E-state index contributed by atoms with van der Waals surface area (Å²) in [6.45, 7) is 4.50. The third kappa shape index (κ3) is 4.04. The molecule has 0 radical (unpaired) electrons. The van der Waals surface area contributed by atoms with Gasteiger partial charge in [0.05, 0.1) is 29.8 Å². The molecular weight excluding hydrogens is 384 g/mol. The Morgan fingerprint density at radius 2 is 1.53 bits per heavy atom. The van der Waals surface area contributed by atoms with Crippen molar-refractivity contribution in [2.45, 2.75) is 13.8 Å². The van der Waals surface area contributed by atoms with Gasteiger partial charge in [0.2, 0.25) is 5.95 Å². The highest BCUT2D eigenvalue weighted by Crippen LogP contribution is 2.28. The van der Waals surface area contributed by atoms with Crippen molar-refractivity contribution in [2.75, 3.05) is 18.5 Å². The van der Waals surface area contributed by atoms with E-state index in [-0.39, 0.29) is 23.5 Å². The molecule has 4 rings (SSSR count). The average molecular weight is 404 g/mol. The van der Waals surface area contributed by atoms with Gasteiger partial charge in [0, 0.05) is 5.56 Å². The van der Waals surface area contributed by atoms with Crippen LogP contribution in [0.25, 0.3) is 22.3 Å². The Morgan fingerprint density at radius 3 is 2.27 bits per heavy atom. The molecule has 30 heavy (non-hydrogen) atoms. The number of nitrogens with one attached hydrogen (secondary N) is 2. The third-order valence-corrected chi connectivity index (χ3v) is 4.18. The van der Waals surface area contributed by atoms with Crippen molar-refractivity contribution in [3.63, 3.8) is 0 Å². The summed E-state index contributed by atoms with van der Waals surface area (Å²) >= 11 is 0. The van der Waals surface area contributed by atoms with Crippen LogP contribution in [-0.2, 0) is 0 Å². The summed E-state index contributed by atoms with van der Waals surface area (Å²) in [5, 5.41) is 3.69. The molecule has 0 unspecified atom stereocenters. The first kappa shape index (κ1) is 19.3. The number of fused-ring (bicyclic) bond motifs is 1. The fraction of sp³-hybridized carbons (Fsp3) is 0.190. The van der Waals surface area contributed by atoms with Crippen molar-refractivity contribution in [1.29, 1.82) is 0 Å². The van der Waals surface area contributed by atoms with Crippen LogP contribution in [0.1, 0.15) is 13.8 Å². The monoisotopic (exact) mass is 404 g/mol. The molecule has 0 saturated heterocycles. The molecule has 2 aromatic heterocycles. The van der Waals surface area contributed by atoms with Gasteiger partial charge in [0.25, 0.3) is 5.56 Å². The van der Waals surface area contributed by atoms with Gasteiger partial charge < -0.3 is 19.8 Å². The van der Waals surface area contributed by atoms with Gasteiger partial charge in [-0.3, -0.25) is 4.79 Å². The third-order valence-electron chi connectivity index (χ3n) is 4.18. The predicted molar refractivity (Wildman–Crippen MR) is 113 cm³/mol. The Hall–Kier alpha value is -4.01. The SMILES string of the molecule is CCOc1nc(Nc2ccccc2-c2nc3ccccc3c(=O)[nH]2)nc(OCC)n1. The lowest BCUT2D eigenvalue weighted by molar-refractivity contribution is 0.280. The first-order valence-corrected chi connectivity index (χ1v) is 9.55. The lowest BCUT2D eigenvalue weighted by Gasteiger charge is -2.12. The van der Waals surface area contributed by atoms with Crippen LogP contribution in [0.5, 0.6) is 12.0 Å². The van der Waals surface area contributed by atoms with E-state index in [4.69, 9.17) is 9.47 Å². The zero-order valence-corrected chi connectivity index (χ0v) is 16.5. The number of aromatic amines is 1. The van der Waals surface area contributed by atoms with Crippen LogP contribution >= 0.6 is 0 Å². The maximum Gasteiger partial charge on any atom is 0.324 e. The fourth-order valence-electron chi connectivity index (χ4n) is 2.91. The number of para-hydroxylation sites is 2. The minimum absolute atomic E-state index is 0.160. The number of aromatic nitrogens is 5. The van der Waals surface area contributed by atoms with Crippen LogP contribution in [0.4, 0.5) is 11.6 Å². The molecule has 0 bridgehead atoms. The molecule has 2 aromatic carbocycles. The zero-order chi connectivity index (χ0) is 20.9. The molecule has 0 amide bonds. The zero-order valence-electron chi connectivity index (χ0n) is 16.5. The highest BCUT2D eigenvalue weighted by molar-refractivity contribution is 5.82. The molecule has 0 fully saturated rings. The van der Waals surface area contributed by atoms with E-state index >= 15 is 0 Å². The standard InChI is InChI=1S/C21H20N6O3/c1-3-29-20-25-19(26-21(27-20)30-4-2)23-15-11-7-5-9-13(15)17-22-16-12-8-6-10-14(16)18(28)24-17/h5-12H,3-4H2,1-2H3,(H,22,24,28)(H,23,25,26,27). The van der Waals surface area contributed by atoms with Gasteiger partial charge >= 0.3 is 12.0 Å². The van der Waals surface area contributed by atoms with E-state index in [1.807, 2.05) is 44.2 Å². The molecule has 4 aromatic rings. The Kier molecular flexibility index (Phi) is 5.51.